The van der Waals surface area contributed by atoms with E-state index in [1.54, 1.807) is 48.5 Å². The number of aliphatic hydroxyl groups is 1. The van der Waals surface area contributed by atoms with Crippen molar-refractivity contribution in [2.45, 2.75) is 12.2 Å². The Morgan fingerprint density at radius 1 is 0.840 bits per heavy atom. The summed E-state index contributed by atoms with van der Waals surface area (Å²) in [5.74, 6) is -0.177. The fourth-order valence-electron chi connectivity index (χ4n) is 2.66. The fraction of sp³-hybridized carbons (Fsp3) is 0.0952. The van der Waals surface area contributed by atoms with Crippen LogP contribution >= 0.6 is 0 Å². The molecule has 0 heterocycles. The first-order valence-corrected chi connectivity index (χ1v) is 7.96. The van der Waals surface area contributed by atoms with Gasteiger partial charge in [0.05, 0.1) is 0 Å². The highest BCUT2D eigenvalue weighted by atomic mass is 16.5. The molecule has 0 aromatic heterocycles. The Morgan fingerprint density at radius 2 is 1.36 bits per heavy atom. The summed E-state index contributed by atoms with van der Waals surface area (Å²) in [7, 11) is 0. The third-order valence-corrected chi connectivity index (χ3v) is 4.07. The zero-order valence-electron chi connectivity index (χ0n) is 13.6. The normalized spacial score (nSPS) is 13.0. The molecule has 1 atom stereocenters. The minimum atomic E-state index is -1.88. The molecule has 3 rings (SSSR count). The number of nitrogens with two attached hydrogens (primary N) is 1. The van der Waals surface area contributed by atoms with Gasteiger partial charge in [-0.3, -0.25) is 4.79 Å². The van der Waals surface area contributed by atoms with Crippen molar-refractivity contribution in [2.75, 3.05) is 0 Å². The van der Waals surface area contributed by atoms with Gasteiger partial charge < -0.3 is 15.6 Å². The molecule has 4 heteroatoms. The van der Waals surface area contributed by atoms with Gasteiger partial charge in [0.15, 0.2) is 5.60 Å². The summed E-state index contributed by atoms with van der Waals surface area (Å²) in [5, 5.41) is 10.9. The van der Waals surface area contributed by atoms with E-state index in [1.807, 2.05) is 36.4 Å². The van der Waals surface area contributed by atoms with Crippen LogP contribution < -0.4 is 10.5 Å². The Morgan fingerprint density at radius 3 is 1.92 bits per heavy atom. The Hall–Kier alpha value is -3.11. The van der Waals surface area contributed by atoms with Gasteiger partial charge in [-0.05, 0) is 28.8 Å². The first-order valence-electron chi connectivity index (χ1n) is 7.96. The number of benzene rings is 3. The van der Waals surface area contributed by atoms with Gasteiger partial charge in [0.1, 0.15) is 12.4 Å². The topological polar surface area (TPSA) is 72.6 Å². The van der Waals surface area contributed by atoms with Crippen LogP contribution in [0.5, 0.6) is 5.75 Å². The summed E-state index contributed by atoms with van der Waals surface area (Å²) in [6, 6.07) is 25.2. The van der Waals surface area contributed by atoms with Crippen molar-refractivity contribution in [2.24, 2.45) is 5.73 Å². The zero-order chi connectivity index (χ0) is 17.7. The second kappa shape index (κ2) is 7.20. The average molecular weight is 333 g/mol. The number of hydrogen-bond acceptors (Lipinski definition) is 3. The number of ether oxygens (including phenoxy) is 1. The first kappa shape index (κ1) is 16.7. The third-order valence-electron chi connectivity index (χ3n) is 4.07. The van der Waals surface area contributed by atoms with Crippen molar-refractivity contribution in [3.8, 4) is 5.75 Å². The van der Waals surface area contributed by atoms with Crippen LogP contribution in [0.25, 0.3) is 0 Å². The number of amides is 1. The highest BCUT2D eigenvalue weighted by Crippen LogP contribution is 2.30. The molecule has 0 spiro atoms. The smallest absolute Gasteiger partial charge is 0.258 e. The van der Waals surface area contributed by atoms with E-state index < -0.39 is 11.5 Å². The van der Waals surface area contributed by atoms with Gasteiger partial charge in [-0.15, -0.1) is 0 Å². The van der Waals surface area contributed by atoms with Crippen molar-refractivity contribution in [3.05, 3.63) is 102 Å². The monoisotopic (exact) mass is 333 g/mol. The maximum Gasteiger partial charge on any atom is 0.258 e. The molecule has 0 saturated carbocycles. The summed E-state index contributed by atoms with van der Waals surface area (Å²) in [4.78, 5) is 12.0. The maximum absolute atomic E-state index is 12.0. The molecule has 3 aromatic carbocycles. The molecule has 0 aliphatic rings. The number of carbonyl (C=O) groups is 1. The van der Waals surface area contributed by atoms with E-state index in [4.69, 9.17) is 10.5 Å². The van der Waals surface area contributed by atoms with Crippen molar-refractivity contribution in [1.82, 2.24) is 0 Å². The minimum absolute atomic E-state index is 0.401. The highest BCUT2D eigenvalue weighted by Gasteiger charge is 2.37. The van der Waals surface area contributed by atoms with Gasteiger partial charge in [-0.25, -0.2) is 0 Å². The molecule has 0 bridgehead atoms. The summed E-state index contributed by atoms with van der Waals surface area (Å²) in [6.07, 6.45) is 0. The molecule has 0 fully saturated rings. The average Bonchev–Trinajstić information content (AvgIpc) is 2.67. The van der Waals surface area contributed by atoms with Gasteiger partial charge >= 0.3 is 0 Å². The van der Waals surface area contributed by atoms with E-state index in [0.717, 1.165) is 5.56 Å². The number of primary amides is 1. The quantitative estimate of drug-likeness (QED) is 0.728. The van der Waals surface area contributed by atoms with Gasteiger partial charge in [0.25, 0.3) is 5.91 Å². The van der Waals surface area contributed by atoms with E-state index in [2.05, 4.69) is 0 Å². The molecule has 4 nitrogen and oxygen atoms in total. The molecule has 0 radical (unpaired) electrons. The van der Waals surface area contributed by atoms with E-state index in [0.29, 0.717) is 23.5 Å². The molecular formula is C21H19NO3. The van der Waals surface area contributed by atoms with Crippen molar-refractivity contribution >= 4 is 5.91 Å². The zero-order valence-corrected chi connectivity index (χ0v) is 13.6. The van der Waals surface area contributed by atoms with Crippen LogP contribution in [0.15, 0.2) is 84.9 Å². The van der Waals surface area contributed by atoms with Crippen molar-refractivity contribution in [1.29, 1.82) is 0 Å². The lowest BCUT2D eigenvalue weighted by molar-refractivity contribution is -0.133. The molecule has 1 unspecified atom stereocenters. The van der Waals surface area contributed by atoms with Crippen LogP contribution in [0.1, 0.15) is 16.7 Å². The Labute approximate surface area is 146 Å². The van der Waals surface area contributed by atoms with Gasteiger partial charge in [0, 0.05) is 0 Å². The van der Waals surface area contributed by atoms with Crippen molar-refractivity contribution < 1.29 is 14.6 Å². The number of hydrogen-bond donors (Lipinski definition) is 2. The Bertz CT molecular complexity index is 832. The standard InChI is InChI=1S/C21H19NO3/c22-20(23)21(24,17-9-5-2-6-10-17)18-11-13-19(14-12-18)25-15-16-7-3-1-4-8-16/h1-14,24H,15H2,(H2,22,23). The van der Waals surface area contributed by atoms with Gasteiger partial charge in [0.2, 0.25) is 0 Å². The van der Waals surface area contributed by atoms with Crippen LogP contribution in [0.4, 0.5) is 0 Å². The van der Waals surface area contributed by atoms with E-state index in [-0.39, 0.29) is 0 Å². The number of rotatable bonds is 6. The predicted molar refractivity (Wildman–Crippen MR) is 95.9 cm³/mol. The molecular weight excluding hydrogens is 314 g/mol. The summed E-state index contributed by atoms with van der Waals surface area (Å²) in [5.41, 5.74) is 5.50. The molecule has 3 aromatic rings. The third kappa shape index (κ3) is 3.54. The van der Waals surface area contributed by atoms with Gasteiger partial charge in [-0.1, -0.05) is 72.8 Å². The van der Waals surface area contributed by atoms with Crippen LogP contribution in [0.2, 0.25) is 0 Å². The Kier molecular flexibility index (Phi) is 4.82. The van der Waals surface area contributed by atoms with Crippen LogP contribution in [0, 0.1) is 0 Å². The molecule has 126 valence electrons. The number of carbonyl (C=O) groups excluding carboxylic acids is 1. The van der Waals surface area contributed by atoms with Crippen LogP contribution in [-0.4, -0.2) is 11.0 Å². The lowest BCUT2D eigenvalue weighted by Crippen LogP contribution is -2.42. The summed E-state index contributed by atoms with van der Waals surface area (Å²) in [6.45, 7) is 0.443. The molecule has 25 heavy (non-hydrogen) atoms. The largest absolute Gasteiger partial charge is 0.489 e. The lowest BCUT2D eigenvalue weighted by atomic mass is 9.86. The van der Waals surface area contributed by atoms with E-state index >= 15 is 0 Å². The first-order chi connectivity index (χ1) is 12.1. The van der Waals surface area contributed by atoms with Gasteiger partial charge in [-0.2, -0.15) is 0 Å². The molecule has 3 N–H and O–H groups in total. The van der Waals surface area contributed by atoms with Crippen LogP contribution in [0.3, 0.4) is 0 Å². The second-order valence-electron chi connectivity index (χ2n) is 5.74. The van der Waals surface area contributed by atoms with E-state index in [1.165, 1.54) is 0 Å². The fourth-order valence-corrected chi connectivity index (χ4v) is 2.66. The summed E-state index contributed by atoms with van der Waals surface area (Å²) < 4.78 is 5.73. The predicted octanol–water partition coefficient (Wildman–Crippen LogP) is 2.99. The summed E-state index contributed by atoms with van der Waals surface area (Å²) >= 11 is 0. The molecule has 0 aliphatic carbocycles. The SMILES string of the molecule is NC(=O)C(O)(c1ccccc1)c1ccc(OCc2ccccc2)cc1. The maximum atomic E-state index is 12.0. The van der Waals surface area contributed by atoms with Crippen molar-refractivity contribution in [3.63, 3.8) is 0 Å². The highest BCUT2D eigenvalue weighted by molar-refractivity contribution is 5.88. The molecule has 1 amide bonds. The second-order valence-corrected chi connectivity index (χ2v) is 5.74. The van der Waals surface area contributed by atoms with E-state index in [9.17, 15) is 9.90 Å². The lowest BCUT2D eigenvalue weighted by Gasteiger charge is -2.25. The minimum Gasteiger partial charge on any atom is -0.489 e. The Balaban J connectivity index is 1.81. The molecule has 0 saturated heterocycles. The molecule has 0 aliphatic heterocycles. The van der Waals surface area contributed by atoms with Crippen LogP contribution in [-0.2, 0) is 17.0 Å².